The molecular formula is C28H20O9. The molecule has 0 saturated heterocycles. The third kappa shape index (κ3) is 4.38. The summed E-state index contributed by atoms with van der Waals surface area (Å²) < 4.78 is 32.0. The van der Waals surface area contributed by atoms with Gasteiger partial charge in [0.1, 0.15) is 11.3 Å². The summed E-state index contributed by atoms with van der Waals surface area (Å²) in [5.41, 5.74) is -0.169. The lowest BCUT2D eigenvalue weighted by Gasteiger charge is -2.10. The highest BCUT2D eigenvalue weighted by atomic mass is 16.5. The van der Waals surface area contributed by atoms with Gasteiger partial charge in [-0.15, -0.1) is 0 Å². The van der Waals surface area contributed by atoms with E-state index in [0.29, 0.717) is 39.2 Å². The van der Waals surface area contributed by atoms with Gasteiger partial charge in [0.05, 0.1) is 32.5 Å². The predicted octanol–water partition coefficient (Wildman–Crippen LogP) is 4.81. The van der Waals surface area contributed by atoms with E-state index in [4.69, 9.17) is 27.8 Å². The van der Waals surface area contributed by atoms with Gasteiger partial charge in [0.2, 0.25) is 0 Å². The Bertz CT molecular complexity index is 1780. The summed E-state index contributed by atoms with van der Waals surface area (Å²) >= 11 is 0. The van der Waals surface area contributed by atoms with E-state index in [0.717, 1.165) is 0 Å². The summed E-state index contributed by atoms with van der Waals surface area (Å²) in [6.07, 6.45) is 0. The van der Waals surface area contributed by atoms with Crippen LogP contribution in [0.5, 0.6) is 23.0 Å². The Morgan fingerprint density at radius 1 is 0.730 bits per heavy atom. The van der Waals surface area contributed by atoms with Gasteiger partial charge in [-0.1, -0.05) is 12.1 Å². The molecule has 0 unspecified atom stereocenters. The van der Waals surface area contributed by atoms with E-state index in [9.17, 15) is 14.4 Å². The molecule has 0 bridgehead atoms. The first-order valence-electron chi connectivity index (χ1n) is 11.0. The van der Waals surface area contributed by atoms with Crippen LogP contribution in [-0.2, 0) is 0 Å². The lowest BCUT2D eigenvalue weighted by atomic mass is 10.0. The zero-order chi connectivity index (χ0) is 26.1. The molecule has 0 aliphatic carbocycles. The van der Waals surface area contributed by atoms with E-state index >= 15 is 0 Å². The highest BCUT2D eigenvalue weighted by Crippen LogP contribution is 2.32. The monoisotopic (exact) mass is 500 g/mol. The topological polar surface area (TPSA) is 114 Å². The summed E-state index contributed by atoms with van der Waals surface area (Å²) in [4.78, 5) is 38.0. The molecule has 5 rings (SSSR count). The Morgan fingerprint density at radius 3 is 2.27 bits per heavy atom. The molecule has 0 aliphatic heterocycles. The van der Waals surface area contributed by atoms with Crippen molar-refractivity contribution in [2.24, 2.45) is 0 Å². The number of fused-ring (bicyclic) bond motifs is 2. The molecule has 37 heavy (non-hydrogen) atoms. The van der Waals surface area contributed by atoms with Gasteiger partial charge in [-0.3, -0.25) is 0 Å². The summed E-state index contributed by atoms with van der Waals surface area (Å²) in [7, 11) is 4.43. The number of esters is 1. The Morgan fingerprint density at radius 2 is 1.51 bits per heavy atom. The highest BCUT2D eigenvalue weighted by Gasteiger charge is 2.17. The molecule has 0 aliphatic rings. The van der Waals surface area contributed by atoms with Crippen molar-refractivity contribution in [3.05, 3.63) is 93.1 Å². The average molecular weight is 500 g/mol. The van der Waals surface area contributed by atoms with Crippen LogP contribution >= 0.6 is 0 Å². The number of hydrogen-bond donors (Lipinski definition) is 0. The Labute approximate surface area is 209 Å². The maximum atomic E-state index is 12.9. The highest BCUT2D eigenvalue weighted by molar-refractivity contribution is 5.97. The van der Waals surface area contributed by atoms with Gasteiger partial charge >= 0.3 is 17.2 Å². The fourth-order valence-corrected chi connectivity index (χ4v) is 4.02. The lowest BCUT2D eigenvalue weighted by Crippen LogP contribution is -2.09. The quantitative estimate of drug-likeness (QED) is 0.184. The van der Waals surface area contributed by atoms with Crippen LogP contribution in [-0.4, -0.2) is 27.3 Å². The third-order valence-corrected chi connectivity index (χ3v) is 5.78. The number of carbonyl (C=O) groups is 1. The second-order valence-corrected chi connectivity index (χ2v) is 7.92. The number of carbonyl (C=O) groups excluding carboxylic acids is 1. The minimum Gasteiger partial charge on any atom is -0.493 e. The molecule has 186 valence electrons. The van der Waals surface area contributed by atoms with Crippen LogP contribution in [0.1, 0.15) is 10.4 Å². The van der Waals surface area contributed by atoms with Gasteiger partial charge in [0, 0.05) is 28.5 Å². The number of hydrogen-bond acceptors (Lipinski definition) is 9. The van der Waals surface area contributed by atoms with Crippen molar-refractivity contribution < 1.29 is 32.6 Å². The fraction of sp³-hybridized carbons (Fsp3) is 0.107. The molecule has 3 aromatic carbocycles. The van der Waals surface area contributed by atoms with Crippen LogP contribution in [0.3, 0.4) is 0 Å². The minimum atomic E-state index is -0.684. The minimum absolute atomic E-state index is 0.130. The van der Waals surface area contributed by atoms with Crippen molar-refractivity contribution in [1.82, 2.24) is 0 Å². The number of methoxy groups -OCH3 is 3. The van der Waals surface area contributed by atoms with Gasteiger partial charge < -0.3 is 27.8 Å². The van der Waals surface area contributed by atoms with Gasteiger partial charge in [-0.2, -0.15) is 0 Å². The van der Waals surface area contributed by atoms with Gasteiger partial charge in [0.15, 0.2) is 22.8 Å². The molecule has 0 amide bonds. The first-order chi connectivity index (χ1) is 17.9. The van der Waals surface area contributed by atoms with E-state index in [2.05, 4.69) is 0 Å². The Kier molecular flexibility index (Phi) is 6.10. The number of ether oxygens (including phenoxy) is 4. The predicted molar refractivity (Wildman–Crippen MR) is 135 cm³/mol. The summed E-state index contributed by atoms with van der Waals surface area (Å²) in [6, 6.07) is 17.2. The molecule has 2 heterocycles. The zero-order valence-electron chi connectivity index (χ0n) is 20.0. The molecule has 0 fully saturated rings. The molecule has 9 nitrogen and oxygen atoms in total. The Hall–Kier alpha value is -5.05. The van der Waals surface area contributed by atoms with E-state index in [-0.39, 0.29) is 22.5 Å². The maximum Gasteiger partial charge on any atom is 0.344 e. The van der Waals surface area contributed by atoms with Crippen molar-refractivity contribution in [3.63, 3.8) is 0 Å². The maximum absolute atomic E-state index is 12.9. The fourth-order valence-electron chi connectivity index (χ4n) is 4.02. The van der Waals surface area contributed by atoms with Crippen LogP contribution in [0.2, 0.25) is 0 Å². The van der Waals surface area contributed by atoms with Gasteiger partial charge in [-0.25, -0.2) is 14.4 Å². The molecule has 0 saturated carbocycles. The molecule has 0 atom stereocenters. The zero-order valence-corrected chi connectivity index (χ0v) is 20.0. The van der Waals surface area contributed by atoms with E-state index < -0.39 is 17.2 Å². The van der Waals surface area contributed by atoms with Crippen molar-refractivity contribution >= 4 is 27.9 Å². The van der Waals surface area contributed by atoms with Gasteiger partial charge in [-0.05, 0) is 42.5 Å². The van der Waals surface area contributed by atoms with Crippen molar-refractivity contribution in [1.29, 1.82) is 0 Å². The molecule has 0 radical (unpaired) electrons. The lowest BCUT2D eigenvalue weighted by molar-refractivity contribution is 0.0734. The number of rotatable bonds is 6. The van der Waals surface area contributed by atoms with Crippen molar-refractivity contribution in [2.45, 2.75) is 0 Å². The summed E-state index contributed by atoms with van der Waals surface area (Å²) in [6.45, 7) is 0. The van der Waals surface area contributed by atoms with Crippen molar-refractivity contribution in [2.75, 3.05) is 21.3 Å². The summed E-state index contributed by atoms with van der Waals surface area (Å²) in [5, 5.41) is 1.08. The van der Waals surface area contributed by atoms with Crippen LogP contribution in [0.25, 0.3) is 33.1 Å². The third-order valence-electron chi connectivity index (χ3n) is 5.78. The van der Waals surface area contributed by atoms with Crippen molar-refractivity contribution in [3.8, 4) is 34.1 Å². The average Bonchev–Trinajstić information content (AvgIpc) is 2.91. The van der Waals surface area contributed by atoms with E-state index in [1.807, 2.05) is 0 Å². The van der Waals surface area contributed by atoms with Crippen LogP contribution in [0.15, 0.2) is 85.2 Å². The normalized spacial score (nSPS) is 10.9. The van der Waals surface area contributed by atoms with Crippen LogP contribution in [0.4, 0.5) is 0 Å². The second kappa shape index (κ2) is 9.54. The first-order valence-corrected chi connectivity index (χ1v) is 11.0. The smallest absolute Gasteiger partial charge is 0.344 e. The van der Waals surface area contributed by atoms with E-state index in [1.165, 1.54) is 51.7 Å². The largest absolute Gasteiger partial charge is 0.493 e. The Balaban J connectivity index is 1.54. The SMILES string of the molecule is COc1ccc(C(=O)Oc2ccc3c(-c4cc5cccc(OC)c5oc4=O)cc(=O)oc3c2)cc1OC. The summed E-state index contributed by atoms with van der Waals surface area (Å²) in [5.74, 6) is 0.749. The molecule has 0 spiro atoms. The standard InChI is InChI=1S/C28H20O9/c1-32-21-10-7-16(12-24(21)34-3)27(30)35-17-8-9-18-19(14-25(29)36-23(18)13-17)20-11-15-5-4-6-22(33-2)26(15)37-28(20)31/h4-14H,1-3H3. The number of benzene rings is 3. The van der Waals surface area contributed by atoms with Crippen LogP contribution < -0.4 is 30.2 Å². The number of para-hydroxylation sites is 1. The van der Waals surface area contributed by atoms with Crippen LogP contribution in [0, 0.1) is 0 Å². The molecule has 5 aromatic rings. The van der Waals surface area contributed by atoms with Gasteiger partial charge in [0.25, 0.3) is 0 Å². The molecular weight excluding hydrogens is 480 g/mol. The first kappa shape index (κ1) is 23.7. The second-order valence-electron chi connectivity index (χ2n) is 7.92. The molecule has 0 N–H and O–H groups in total. The van der Waals surface area contributed by atoms with E-state index in [1.54, 1.807) is 36.4 Å². The molecule has 2 aromatic heterocycles. The molecule has 9 heteroatoms.